The van der Waals surface area contributed by atoms with Crippen molar-refractivity contribution in [3.05, 3.63) is 23.8 Å². The van der Waals surface area contributed by atoms with E-state index >= 15 is 0 Å². The maximum Gasteiger partial charge on any atom is 0.254 e. The van der Waals surface area contributed by atoms with Gasteiger partial charge in [-0.3, -0.25) is 4.79 Å². The summed E-state index contributed by atoms with van der Waals surface area (Å²) in [6.07, 6.45) is 2.03. The van der Waals surface area contributed by atoms with Crippen molar-refractivity contribution in [3.63, 3.8) is 0 Å². The zero-order valence-corrected chi connectivity index (χ0v) is 12.7. The van der Waals surface area contributed by atoms with E-state index in [4.69, 9.17) is 14.6 Å². The minimum absolute atomic E-state index is 0.0163. The molecule has 116 valence electrons. The Morgan fingerprint density at radius 1 is 1.24 bits per heavy atom. The molecule has 0 spiro atoms. The molecule has 0 atom stereocenters. The quantitative estimate of drug-likeness (QED) is 0.797. The molecule has 0 unspecified atom stereocenters. The summed E-state index contributed by atoms with van der Waals surface area (Å²) < 4.78 is 11.1. The van der Waals surface area contributed by atoms with Crippen LogP contribution in [0.3, 0.4) is 0 Å². The van der Waals surface area contributed by atoms with Crippen LogP contribution < -0.4 is 9.47 Å². The summed E-state index contributed by atoms with van der Waals surface area (Å²) in [7, 11) is 0. The molecule has 1 aliphatic rings. The minimum atomic E-state index is -0.0597. The number of nitrogens with zero attached hydrogens (tertiary/aromatic N) is 1. The lowest BCUT2D eigenvalue weighted by molar-refractivity contribution is 0.0707. The summed E-state index contributed by atoms with van der Waals surface area (Å²) >= 11 is 0. The number of hydrogen-bond acceptors (Lipinski definition) is 4. The van der Waals surface area contributed by atoms with Crippen LogP contribution in [-0.2, 0) is 0 Å². The number of rotatable bonds is 8. The monoisotopic (exact) mass is 293 g/mol. The molecule has 1 aliphatic carbocycles. The van der Waals surface area contributed by atoms with Crippen LogP contribution in [-0.4, -0.2) is 48.3 Å². The summed E-state index contributed by atoms with van der Waals surface area (Å²) in [6, 6.07) is 5.52. The number of ether oxygens (including phenoxy) is 2. The van der Waals surface area contributed by atoms with Crippen molar-refractivity contribution in [1.82, 2.24) is 4.90 Å². The standard InChI is InChI=1S/C16H23NO4/c1-3-20-14-8-5-12(11-15(14)21-4-2)16(19)17(9-10-18)13-6-7-13/h5,8,11,13,18H,3-4,6-7,9-10H2,1-2H3. The van der Waals surface area contributed by atoms with Gasteiger partial charge in [0.25, 0.3) is 5.91 Å². The van der Waals surface area contributed by atoms with Crippen LogP contribution in [0.4, 0.5) is 0 Å². The van der Waals surface area contributed by atoms with E-state index in [9.17, 15) is 4.79 Å². The second kappa shape index (κ2) is 7.31. The van der Waals surface area contributed by atoms with Gasteiger partial charge in [-0.2, -0.15) is 0 Å². The SMILES string of the molecule is CCOc1ccc(C(=O)N(CCO)C2CC2)cc1OCC. The Morgan fingerprint density at radius 2 is 1.90 bits per heavy atom. The number of hydrogen-bond donors (Lipinski definition) is 1. The first-order chi connectivity index (χ1) is 10.2. The van der Waals surface area contributed by atoms with Gasteiger partial charge >= 0.3 is 0 Å². The molecule has 1 saturated carbocycles. The molecule has 1 fully saturated rings. The summed E-state index contributed by atoms with van der Waals surface area (Å²) in [5, 5.41) is 9.12. The van der Waals surface area contributed by atoms with Gasteiger partial charge in [0.1, 0.15) is 0 Å². The van der Waals surface area contributed by atoms with Gasteiger partial charge in [0.05, 0.1) is 19.8 Å². The Bertz CT molecular complexity index is 485. The summed E-state index contributed by atoms with van der Waals surface area (Å²) in [6.45, 7) is 5.22. The fraction of sp³-hybridized carbons (Fsp3) is 0.562. The lowest BCUT2D eigenvalue weighted by atomic mass is 10.1. The predicted molar refractivity (Wildman–Crippen MR) is 79.9 cm³/mol. The van der Waals surface area contributed by atoms with Gasteiger partial charge in [-0.15, -0.1) is 0 Å². The highest BCUT2D eigenvalue weighted by Gasteiger charge is 2.32. The fourth-order valence-electron chi connectivity index (χ4n) is 2.29. The molecule has 1 amide bonds. The lowest BCUT2D eigenvalue weighted by Gasteiger charge is -2.22. The van der Waals surface area contributed by atoms with Crippen molar-refractivity contribution < 1.29 is 19.4 Å². The van der Waals surface area contributed by atoms with Crippen LogP contribution in [0.5, 0.6) is 11.5 Å². The Kier molecular flexibility index (Phi) is 5.44. The van der Waals surface area contributed by atoms with Crippen LogP contribution >= 0.6 is 0 Å². The van der Waals surface area contributed by atoms with Gasteiger partial charge < -0.3 is 19.5 Å². The van der Waals surface area contributed by atoms with Crippen LogP contribution in [0.2, 0.25) is 0 Å². The maximum absolute atomic E-state index is 12.6. The molecule has 0 saturated heterocycles. The number of amides is 1. The molecule has 0 aliphatic heterocycles. The first kappa shape index (κ1) is 15.6. The molecule has 1 aromatic rings. The smallest absolute Gasteiger partial charge is 0.254 e. The van der Waals surface area contributed by atoms with Crippen LogP contribution in [0.25, 0.3) is 0 Å². The van der Waals surface area contributed by atoms with Gasteiger partial charge in [0.2, 0.25) is 0 Å². The molecule has 0 radical (unpaired) electrons. The van der Waals surface area contributed by atoms with E-state index in [1.165, 1.54) is 0 Å². The van der Waals surface area contributed by atoms with Gasteiger partial charge in [-0.25, -0.2) is 0 Å². The number of benzene rings is 1. The van der Waals surface area contributed by atoms with Gasteiger partial charge in [0, 0.05) is 18.2 Å². The van der Waals surface area contributed by atoms with Gasteiger partial charge in [0.15, 0.2) is 11.5 Å². The first-order valence-electron chi connectivity index (χ1n) is 7.52. The highest BCUT2D eigenvalue weighted by molar-refractivity contribution is 5.95. The number of aliphatic hydroxyl groups is 1. The Morgan fingerprint density at radius 3 is 2.48 bits per heavy atom. The third-order valence-electron chi connectivity index (χ3n) is 3.38. The highest BCUT2D eigenvalue weighted by atomic mass is 16.5. The van der Waals surface area contributed by atoms with E-state index in [-0.39, 0.29) is 18.6 Å². The lowest BCUT2D eigenvalue weighted by Crippen LogP contribution is -2.35. The largest absolute Gasteiger partial charge is 0.490 e. The maximum atomic E-state index is 12.6. The molecule has 1 aromatic carbocycles. The van der Waals surface area contributed by atoms with E-state index in [0.717, 1.165) is 12.8 Å². The number of carbonyl (C=O) groups is 1. The van der Waals surface area contributed by atoms with Crippen molar-refractivity contribution in [2.45, 2.75) is 32.7 Å². The molecule has 0 aromatic heterocycles. The van der Waals surface area contributed by atoms with Crippen molar-refractivity contribution in [3.8, 4) is 11.5 Å². The molecular weight excluding hydrogens is 270 g/mol. The number of aliphatic hydroxyl groups excluding tert-OH is 1. The van der Waals surface area contributed by atoms with E-state index in [2.05, 4.69) is 0 Å². The van der Waals surface area contributed by atoms with Crippen molar-refractivity contribution in [1.29, 1.82) is 0 Å². The molecule has 0 heterocycles. The zero-order chi connectivity index (χ0) is 15.2. The van der Waals surface area contributed by atoms with Crippen LogP contribution in [0, 0.1) is 0 Å². The first-order valence-corrected chi connectivity index (χ1v) is 7.52. The van der Waals surface area contributed by atoms with Crippen molar-refractivity contribution in [2.24, 2.45) is 0 Å². The van der Waals surface area contributed by atoms with Gasteiger partial charge in [-0.1, -0.05) is 0 Å². The normalized spacial score (nSPS) is 13.9. The fourth-order valence-corrected chi connectivity index (χ4v) is 2.29. The van der Waals surface area contributed by atoms with Crippen LogP contribution in [0.15, 0.2) is 18.2 Å². The molecule has 5 heteroatoms. The average molecular weight is 293 g/mol. The van der Waals surface area contributed by atoms with Crippen LogP contribution in [0.1, 0.15) is 37.0 Å². The van der Waals surface area contributed by atoms with E-state index in [1.54, 1.807) is 23.1 Å². The number of carbonyl (C=O) groups excluding carboxylic acids is 1. The van der Waals surface area contributed by atoms with Gasteiger partial charge in [-0.05, 0) is 44.9 Å². The third-order valence-corrected chi connectivity index (χ3v) is 3.38. The predicted octanol–water partition coefficient (Wildman–Crippen LogP) is 2.08. The topological polar surface area (TPSA) is 59.0 Å². The molecule has 21 heavy (non-hydrogen) atoms. The zero-order valence-electron chi connectivity index (χ0n) is 12.7. The minimum Gasteiger partial charge on any atom is -0.490 e. The van der Waals surface area contributed by atoms with E-state index < -0.39 is 0 Å². The molecule has 1 N–H and O–H groups in total. The Hall–Kier alpha value is -1.75. The summed E-state index contributed by atoms with van der Waals surface area (Å²) in [5.74, 6) is 1.18. The highest BCUT2D eigenvalue weighted by Crippen LogP contribution is 2.32. The average Bonchev–Trinajstić information content (AvgIpc) is 3.31. The van der Waals surface area contributed by atoms with E-state index in [1.807, 2.05) is 13.8 Å². The van der Waals surface area contributed by atoms with E-state index in [0.29, 0.717) is 36.8 Å². The summed E-state index contributed by atoms with van der Waals surface area (Å²) in [5.41, 5.74) is 0.572. The van der Waals surface area contributed by atoms with Crippen molar-refractivity contribution in [2.75, 3.05) is 26.4 Å². The molecular formula is C16H23NO4. The Labute approximate surface area is 125 Å². The molecule has 5 nitrogen and oxygen atoms in total. The van der Waals surface area contributed by atoms with Crippen molar-refractivity contribution >= 4 is 5.91 Å². The second-order valence-electron chi connectivity index (χ2n) is 4.98. The Balaban J connectivity index is 2.21. The molecule has 2 rings (SSSR count). The molecule has 0 bridgehead atoms. The second-order valence-corrected chi connectivity index (χ2v) is 4.98. The summed E-state index contributed by atoms with van der Waals surface area (Å²) in [4.78, 5) is 14.3. The third kappa shape index (κ3) is 3.88.